The molecule has 1 heterocycles. The molecule has 0 saturated carbocycles. The van der Waals surface area contributed by atoms with Crippen LogP contribution in [0.5, 0.6) is 11.5 Å². The summed E-state index contributed by atoms with van der Waals surface area (Å²) in [6.45, 7) is 6.27. The highest BCUT2D eigenvalue weighted by Crippen LogP contribution is 2.37. The van der Waals surface area contributed by atoms with E-state index in [1.54, 1.807) is 6.08 Å². The Morgan fingerprint density at radius 1 is 1.40 bits per heavy atom. The van der Waals surface area contributed by atoms with Crippen LogP contribution in [-0.2, 0) is 4.79 Å². The highest BCUT2D eigenvalue weighted by molar-refractivity contribution is 9.10. The minimum absolute atomic E-state index is 0.110. The number of nitrogens with one attached hydrogen (secondary N) is 1. The van der Waals surface area contributed by atoms with E-state index < -0.39 is 0 Å². The van der Waals surface area contributed by atoms with E-state index in [2.05, 4.69) is 21.2 Å². The molecule has 0 atom stereocenters. The van der Waals surface area contributed by atoms with Gasteiger partial charge in [0.1, 0.15) is 0 Å². The molecule has 20 heavy (non-hydrogen) atoms. The highest BCUT2D eigenvalue weighted by Gasteiger charge is 2.17. The summed E-state index contributed by atoms with van der Waals surface area (Å²) in [5.74, 6) is 1.30. The highest BCUT2D eigenvalue weighted by atomic mass is 79.9. The van der Waals surface area contributed by atoms with Crippen molar-refractivity contribution < 1.29 is 14.3 Å². The molecule has 1 aromatic carbocycles. The first kappa shape index (κ1) is 14.9. The van der Waals surface area contributed by atoms with Gasteiger partial charge < -0.3 is 14.8 Å². The van der Waals surface area contributed by atoms with E-state index in [0.717, 1.165) is 16.5 Å². The molecule has 0 radical (unpaired) electrons. The average Bonchev–Trinajstić information content (AvgIpc) is 2.82. The number of amides is 1. The van der Waals surface area contributed by atoms with Crippen LogP contribution in [0.2, 0.25) is 0 Å². The van der Waals surface area contributed by atoms with Gasteiger partial charge in [-0.1, -0.05) is 22.9 Å². The van der Waals surface area contributed by atoms with Crippen molar-refractivity contribution in [3.05, 3.63) is 28.2 Å². The Morgan fingerprint density at radius 3 is 2.70 bits per heavy atom. The zero-order valence-electron chi connectivity index (χ0n) is 11.8. The lowest BCUT2D eigenvalue weighted by Crippen LogP contribution is -2.41. The van der Waals surface area contributed by atoms with Gasteiger partial charge in [0.05, 0.1) is 0 Å². The van der Waals surface area contributed by atoms with Crippen molar-refractivity contribution in [3.8, 4) is 11.5 Å². The maximum Gasteiger partial charge on any atom is 0.244 e. The molecule has 5 heteroatoms. The van der Waals surface area contributed by atoms with Gasteiger partial charge in [-0.2, -0.15) is 0 Å². The van der Waals surface area contributed by atoms with Crippen LogP contribution < -0.4 is 14.8 Å². The lowest BCUT2D eigenvalue weighted by Gasteiger charge is -2.23. The second-order valence-corrected chi connectivity index (χ2v) is 6.14. The van der Waals surface area contributed by atoms with Crippen molar-refractivity contribution in [2.24, 2.45) is 0 Å². The first-order valence-corrected chi connectivity index (χ1v) is 7.30. The molecule has 1 aliphatic rings. The standard InChI is InChI=1S/C15H18BrNO3/c1-4-15(2,3)17-14(18)6-5-10-7-12-13(8-11(10)16)20-9-19-12/h5-8H,4,9H2,1-3H3,(H,17,18)/b6-5+. The van der Waals surface area contributed by atoms with Crippen molar-refractivity contribution in [2.75, 3.05) is 6.79 Å². The van der Waals surface area contributed by atoms with Gasteiger partial charge in [0.2, 0.25) is 12.7 Å². The number of carbonyl (C=O) groups is 1. The van der Waals surface area contributed by atoms with E-state index in [0.29, 0.717) is 11.5 Å². The van der Waals surface area contributed by atoms with E-state index >= 15 is 0 Å². The number of hydrogen-bond donors (Lipinski definition) is 1. The molecule has 0 aromatic heterocycles. The molecule has 1 aromatic rings. The van der Waals surface area contributed by atoms with Gasteiger partial charge in [-0.3, -0.25) is 4.79 Å². The predicted molar refractivity (Wildman–Crippen MR) is 81.8 cm³/mol. The summed E-state index contributed by atoms with van der Waals surface area (Å²) in [5.41, 5.74) is 0.673. The topological polar surface area (TPSA) is 47.6 Å². The van der Waals surface area contributed by atoms with E-state index in [1.807, 2.05) is 32.9 Å². The minimum atomic E-state index is -0.201. The summed E-state index contributed by atoms with van der Waals surface area (Å²) >= 11 is 3.46. The molecule has 4 nitrogen and oxygen atoms in total. The zero-order chi connectivity index (χ0) is 14.8. The van der Waals surface area contributed by atoms with Crippen molar-refractivity contribution in [1.82, 2.24) is 5.32 Å². The third kappa shape index (κ3) is 3.54. The van der Waals surface area contributed by atoms with Gasteiger partial charge in [-0.25, -0.2) is 0 Å². The smallest absolute Gasteiger partial charge is 0.244 e. The molecule has 0 fully saturated rings. The maximum absolute atomic E-state index is 11.9. The van der Waals surface area contributed by atoms with Gasteiger partial charge >= 0.3 is 0 Å². The van der Waals surface area contributed by atoms with E-state index in [-0.39, 0.29) is 18.2 Å². The number of benzene rings is 1. The Hall–Kier alpha value is -1.49. The first-order valence-electron chi connectivity index (χ1n) is 6.50. The molecule has 0 unspecified atom stereocenters. The van der Waals surface area contributed by atoms with E-state index in [9.17, 15) is 4.79 Å². The summed E-state index contributed by atoms with van der Waals surface area (Å²) in [6.07, 6.45) is 4.16. The fraction of sp³-hybridized carbons (Fsp3) is 0.400. The first-order chi connectivity index (χ1) is 9.41. The molecule has 0 bridgehead atoms. The average molecular weight is 340 g/mol. The van der Waals surface area contributed by atoms with Crippen LogP contribution in [0.3, 0.4) is 0 Å². The van der Waals surface area contributed by atoms with Crippen LogP contribution in [0.15, 0.2) is 22.7 Å². The third-order valence-corrected chi connectivity index (χ3v) is 3.94. The van der Waals surface area contributed by atoms with Crippen LogP contribution in [0.4, 0.5) is 0 Å². The van der Waals surface area contributed by atoms with Crippen LogP contribution in [-0.4, -0.2) is 18.2 Å². The Kier molecular flexibility index (Phi) is 4.38. The van der Waals surface area contributed by atoms with Gasteiger partial charge in [0.25, 0.3) is 0 Å². The number of hydrogen-bond acceptors (Lipinski definition) is 3. The number of fused-ring (bicyclic) bond motifs is 1. The van der Waals surface area contributed by atoms with Crippen LogP contribution in [0, 0.1) is 0 Å². The Bertz CT molecular complexity index is 552. The molecular weight excluding hydrogens is 322 g/mol. The van der Waals surface area contributed by atoms with Crippen LogP contribution in [0.25, 0.3) is 6.08 Å². The van der Waals surface area contributed by atoms with E-state index in [1.165, 1.54) is 6.08 Å². The number of carbonyl (C=O) groups excluding carboxylic acids is 1. The maximum atomic E-state index is 11.9. The molecule has 0 spiro atoms. The van der Waals surface area contributed by atoms with Gasteiger partial charge in [0.15, 0.2) is 11.5 Å². The SMILES string of the molecule is CCC(C)(C)NC(=O)/C=C/c1cc2c(cc1Br)OCO2. The Labute approximate surface area is 127 Å². The summed E-state index contributed by atoms with van der Waals surface area (Å²) in [5, 5.41) is 2.95. The number of ether oxygens (including phenoxy) is 2. The third-order valence-electron chi connectivity index (χ3n) is 3.25. The molecule has 1 amide bonds. The summed E-state index contributed by atoms with van der Waals surface area (Å²) in [6, 6.07) is 3.69. The fourth-order valence-electron chi connectivity index (χ4n) is 1.69. The van der Waals surface area contributed by atoms with Gasteiger partial charge in [0, 0.05) is 16.1 Å². The number of rotatable bonds is 4. The molecule has 0 saturated heterocycles. The normalized spacial score (nSPS) is 13.8. The summed E-state index contributed by atoms with van der Waals surface area (Å²) < 4.78 is 11.5. The zero-order valence-corrected chi connectivity index (χ0v) is 13.4. The molecule has 1 aliphatic heterocycles. The van der Waals surface area contributed by atoms with Crippen molar-refractivity contribution in [3.63, 3.8) is 0 Å². The second-order valence-electron chi connectivity index (χ2n) is 5.29. The fourth-order valence-corrected chi connectivity index (χ4v) is 2.14. The number of halogens is 1. The van der Waals surface area contributed by atoms with Gasteiger partial charge in [-0.05, 0) is 44.0 Å². The van der Waals surface area contributed by atoms with Crippen LogP contribution >= 0.6 is 15.9 Å². The lowest BCUT2D eigenvalue weighted by atomic mass is 10.0. The lowest BCUT2D eigenvalue weighted by molar-refractivity contribution is -0.117. The van der Waals surface area contributed by atoms with Crippen LogP contribution in [0.1, 0.15) is 32.8 Å². The predicted octanol–water partition coefficient (Wildman–Crippen LogP) is 3.50. The molecule has 108 valence electrons. The van der Waals surface area contributed by atoms with Crippen molar-refractivity contribution in [2.45, 2.75) is 32.7 Å². The van der Waals surface area contributed by atoms with Crippen molar-refractivity contribution in [1.29, 1.82) is 0 Å². The molecule has 1 N–H and O–H groups in total. The largest absolute Gasteiger partial charge is 0.454 e. The minimum Gasteiger partial charge on any atom is -0.454 e. The Morgan fingerprint density at radius 2 is 2.05 bits per heavy atom. The molecule has 2 rings (SSSR count). The quantitative estimate of drug-likeness (QED) is 0.854. The van der Waals surface area contributed by atoms with Gasteiger partial charge in [-0.15, -0.1) is 0 Å². The molecular formula is C15H18BrNO3. The molecule has 0 aliphatic carbocycles. The second kappa shape index (κ2) is 5.87. The summed E-state index contributed by atoms with van der Waals surface area (Å²) in [4.78, 5) is 11.9. The van der Waals surface area contributed by atoms with Crippen molar-refractivity contribution >= 4 is 27.9 Å². The monoisotopic (exact) mass is 339 g/mol. The Balaban J connectivity index is 2.10. The van der Waals surface area contributed by atoms with E-state index in [4.69, 9.17) is 9.47 Å². The summed E-state index contributed by atoms with van der Waals surface area (Å²) in [7, 11) is 0.